The molecule has 0 spiro atoms. The lowest BCUT2D eigenvalue weighted by Crippen LogP contribution is -1.82. The normalized spacial score (nSPS) is 11.9. The third-order valence-electron chi connectivity index (χ3n) is 2.84. The molecule has 0 fully saturated rings. The van der Waals surface area contributed by atoms with Crippen LogP contribution in [0.5, 0.6) is 0 Å². The third-order valence-corrected chi connectivity index (χ3v) is 2.84. The second kappa shape index (κ2) is 15.4. The summed E-state index contributed by atoms with van der Waals surface area (Å²) in [5, 5.41) is 8.62. The first kappa shape index (κ1) is 16.4. The molecule has 0 unspecified atom stereocenters. The average molecular weight is 238 g/mol. The number of aliphatic hydroxyl groups excluding tert-OH is 1. The summed E-state index contributed by atoms with van der Waals surface area (Å²) < 4.78 is 0. The minimum atomic E-state index is 0.347. The number of rotatable bonds is 12. The second-order valence-corrected chi connectivity index (χ2v) is 4.59. The molecule has 0 rings (SSSR count). The van der Waals surface area contributed by atoms with Crippen molar-refractivity contribution >= 4 is 0 Å². The fraction of sp³-hybridized carbons (Fsp3) is 0.750. The Hall–Kier alpha value is -0.560. The van der Waals surface area contributed by atoms with Gasteiger partial charge >= 0.3 is 0 Å². The molecular formula is C16H30O. The Balaban J connectivity index is 3.11. The average Bonchev–Trinajstić information content (AvgIpc) is 2.35. The molecule has 1 nitrogen and oxygen atoms in total. The smallest absolute Gasteiger partial charge is 0.0431 e. The van der Waals surface area contributed by atoms with Gasteiger partial charge in [-0.1, -0.05) is 56.9 Å². The van der Waals surface area contributed by atoms with Crippen molar-refractivity contribution in [1.29, 1.82) is 0 Å². The first-order chi connectivity index (χ1) is 8.41. The van der Waals surface area contributed by atoms with Gasteiger partial charge in [0.2, 0.25) is 0 Å². The zero-order valence-electron chi connectivity index (χ0n) is 11.5. The van der Waals surface area contributed by atoms with Crippen LogP contribution in [0.15, 0.2) is 24.3 Å². The molecule has 0 aliphatic carbocycles. The highest BCUT2D eigenvalue weighted by molar-refractivity contribution is 4.87. The van der Waals surface area contributed by atoms with Gasteiger partial charge in [0.25, 0.3) is 0 Å². The molecule has 0 saturated heterocycles. The van der Waals surface area contributed by atoms with E-state index in [0.29, 0.717) is 6.61 Å². The fourth-order valence-corrected chi connectivity index (χ4v) is 1.71. The molecule has 0 aliphatic heterocycles. The molecule has 0 radical (unpaired) electrons. The van der Waals surface area contributed by atoms with Crippen LogP contribution < -0.4 is 0 Å². The summed E-state index contributed by atoms with van der Waals surface area (Å²) in [4.78, 5) is 0. The molecule has 0 aromatic carbocycles. The van der Waals surface area contributed by atoms with E-state index in [1.165, 1.54) is 57.8 Å². The predicted molar refractivity (Wildman–Crippen MR) is 77.2 cm³/mol. The molecule has 1 N–H and O–H groups in total. The summed E-state index contributed by atoms with van der Waals surface area (Å²) in [7, 11) is 0. The van der Waals surface area contributed by atoms with E-state index in [4.69, 9.17) is 5.11 Å². The summed E-state index contributed by atoms with van der Waals surface area (Å²) in [6.45, 7) is 2.58. The van der Waals surface area contributed by atoms with Crippen LogP contribution in [0, 0.1) is 0 Å². The van der Waals surface area contributed by atoms with Crippen LogP contribution in [-0.4, -0.2) is 11.7 Å². The maximum atomic E-state index is 8.62. The number of unbranched alkanes of at least 4 members (excludes halogenated alkanes) is 7. The lowest BCUT2D eigenvalue weighted by molar-refractivity contribution is 0.282. The van der Waals surface area contributed by atoms with Crippen LogP contribution >= 0.6 is 0 Å². The maximum Gasteiger partial charge on any atom is 0.0431 e. The van der Waals surface area contributed by atoms with Crippen LogP contribution in [-0.2, 0) is 0 Å². The second-order valence-electron chi connectivity index (χ2n) is 4.59. The Morgan fingerprint density at radius 2 is 1.18 bits per heavy atom. The standard InChI is InChI=1S/C16H30O/c1-2-3-4-5-6-7-8-9-10-11-12-13-14-15-16-17/h5-6,9-10,17H,2-4,7-8,11-16H2,1H3/b6-5+,10-9+. The lowest BCUT2D eigenvalue weighted by Gasteiger charge is -1.95. The Morgan fingerprint density at radius 1 is 0.647 bits per heavy atom. The number of hydrogen-bond acceptors (Lipinski definition) is 1. The number of aliphatic hydroxyl groups is 1. The summed E-state index contributed by atoms with van der Waals surface area (Å²) >= 11 is 0. The molecule has 0 aliphatic rings. The van der Waals surface area contributed by atoms with Crippen molar-refractivity contribution in [2.75, 3.05) is 6.61 Å². The molecule has 0 aromatic heterocycles. The van der Waals surface area contributed by atoms with E-state index in [9.17, 15) is 0 Å². The van der Waals surface area contributed by atoms with Crippen LogP contribution in [0.2, 0.25) is 0 Å². The predicted octanol–water partition coefficient (Wildman–Crippen LogP) is 5.01. The number of allylic oxidation sites excluding steroid dienone is 4. The third kappa shape index (κ3) is 15.4. The minimum absolute atomic E-state index is 0.347. The monoisotopic (exact) mass is 238 g/mol. The maximum absolute atomic E-state index is 8.62. The molecule has 17 heavy (non-hydrogen) atoms. The van der Waals surface area contributed by atoms with Gasteiger partial charge in [-0.05, 0) is 38.5 Å². The van der Waals surface area contributed by atoms with E-state index in [1.807, 2.05) is 0 Å². The van der Waals surface area contributed by atoms with Gasteiger partial charge in [-0.15, -0.1) is 0 Å². The summed E-state index contributed by atoms with van der Waals surface area (Å²) in [5.74, 6) is 0. The zero-order valence-corrected chi connectivity index (χ0v) is 11.5. The Labute approximate surface area is 108 Å². The highest BCUT2D eigenvalue weighted by Gasteiger charge is 1.86. The topological polar surface area (TPSA) is 20.2 Å². The molecular weight excluding hydrogens is 208 g/mol. The van der Waals surface area contributed by atoms with Gasteiger partial charge in [0.1, 0.15) is 0 Å². The fourth-order valence-electron chi connectivity index (χ4n) is 1.71. The van der Waals surface area contributed by atoms with Crippen molar-refractivity contribution < 1.29 is 5.11 Å². The van der Waals surface area contributed by atoms with Crippen molar-refractivity contribution in [2.24, 2.45) is 0 Å². The molecule has 0 aromatic rings. The largest absolute Gasteiger partial charge is 0.396 e. The SMILES string of the molecule is CCCC/C=C/CC/C=C/CCCCCCO. The van der Waals surface area contributed by atoms with Gasteiger partial charge in [0, 0.05) is 6.61 Å². The summed E-state index contributed by atoms with van der Waals surface area (Å²) in [6, 6.07) is 0. The van der Waals surface area contributed by atoms with E-state index in [2.05, 4.69) is 31.2 Å². The minimum Gasteiger partial charge on any atom is -0.396 e. The first-order valence-corrected chi connectivity index (χ1v) is 7.32. The van der Waals surface area contributed by atoms with Crippen LogP contribution in [0.25, 0.3) is 0 Å². The zero-order chi connectivity index (χ0) is 12.6. The molecule has 0 saturated carbocycles. The van der Waals surface area contributed by atoms with E-state index >= 15 is 0 Å². The van der Waals surface area contributed by atoms with Crippen LogP contribution in [0.1, 0.15) is 71.1 Å². The van der Waals surface area contributed by atoms with Crippen molar-refractivity contribution in [3.8, 4) is 0 Å². The Morgan fingerprint density at radius 3 is 1.76 bits per heavy atom. The van der Waals surface area contributed by atoms with E-state index in [0.717, 1.165) is 6.42 Å². The number of hydrogen-bond donors (Lipinski definition) is 1. The van der Waals surface area contributed by atoms with Crippen LogP contribution in [0.4, 0.5) is 0 Å². The van der Waals surface area contributed by atoms with Crippen molar-refractivity contribution in [3.05, 3.63) is 24.3 Å². The molecule has 0 amide bonds. The van der Waals surface area contributed by atoms with Crippen molar-refractivity contribution in [3.63, 3.8) is 0 Å². The van der Waals surface area contributed by atoms with Gasteiger partial charge in [-0.2, -0.15) is 0 Å². The van der Waals surface area contributed by atoms with Gasteiger partial charge in [-0.25, -0.2) is 0 Å². The van der Waals surface area contributed by atoms with E-state index in [1.54, 1.807) is 0 Å². The Kier molecular flexibility index (Phi) is 14.9. The van der Waals surface area contributed by atoms with Crippen molar-refractivity contribution in [1.82, 2.24) is 0 Å². The van der Waals surface area contributed by atoms with Gasteiger partial charge in [0.15, 0.2) is 0 Å². The Bertz CT molecular complexity index is 182. The lowest BCUT2D eigenvalue weighted by atomic mass is 10.1. The van der Waals surface area contributed by atoms with Crippen LogP contribution in [0.3, 0.4) is 0 Å². The quantitative estimate of drug-likeness (QED) is 0.374. The van der Waals surface area contributed by atoms with E-state index in [-0.39, 0.29) is 0 Å². The van der Waals surface area contributed by atoms with Crippen molar-refractivity contribution in [2.45, 2.75) is 71.1 Å². The summed E-state index contributed by atoms with van der Waals surface area (Å²) in [6.07, 6.45) is 21.3. The van der Waals surface area contributed by atoms with Gasteiger partial charge < -0.3 is 5.11 Å². The van der Waals surface area contributed by atoms with E-state index < -0.39 is 0 Å². The molecule has 1 heteroatoms. The highest BCUT2D eigenvalue weighted by Crippen LogP contribution is 2.04. The van der Waals surface area contributed by atoms with Gasteiger partial charge in [0.05, 0.1) is 0 Å². The molecule has 0 heterocycles. The van der Waals surface area contributed by atoms with Gasteiger partial charge in [-0.3, -0.25) is 0 Å². The molecule has 100 valence electrons. The highest BCUT2D eigenvalue weighted by atomic mass is 16.2. The first-order valence-electron chi connectivity index (χ1n) is 7.32. The molecule has 0 bridgehead atoms. The summed E-state index contributed by atoms with van der Waals surface area (Å²) in [5.41, 5.74) is 0. The molecule has 0 atom stereocenters.